The molecule has 3 aromatic heterocycles. The maximum Gasteiger partial charge on any atom is 0.342 e. The number of thiophene rings is 1. The fourth-order valence-electron chi connectivity index (χ4n) is 4.19. The molecule has 8 nitrogen and oxygen atoms in total. The van der Waals surface area contributed by atoms with Gasteiger partial charge < -0.3 is 24.3 Å². The molecular weight excluding hydrogens is 392 g/mol. The molecule has 0 bridgehead atoms. The van der Waals surface area contributed by atoms with Crippen molar-refractivity contribution in [2.75, 3.05) is 7.11 Å². The molecule has 0 saturated heterocycles. The second-order valence-corrected chi connectivity index (χ2v) is 7.97. The van der Waals surface area contributed by atoms with Crippen LogP contribution >= 0.6 is 11.3 Å². The zero-order valence-corrected chi connectivity index (χ0v) is 16.0. The van der Waals surface area contributed by atoms with Crippen molar-refractivity contribution < 1.29 is 19.2 Å². The summed E-state index contributed by atoms with van der Waals surface area (Å²) >= 11 is 1.56. The molecule has 9 heteroatoms. The van der Waals surface area contributed by atoms with Gasteiger partial charge in [-0.1, -0.05) is 11.2 Å². The van der Waals surface area contributed by atoms with Crippen LogP contribution in [0.2, 0.25) is 0 Å². The number of nitrogens with one attached hydrogen (secondary N) is 1. The number of urea groups is 1. The van der Waals surface area contributed by atoms with Crippen molar-refractivity contribution in [3.63, 3.8) is 0 Å². The van der Waals surface area contributed by atoms with E-state index in [0.29, 0.717) is 34.0 Å². The van der Waals surface area contributed by atoms with Crippen molar-refractivity contribution >= 4 is 33.9 Å². The second-order valence-electron chi connectivity index (χ2n) is 7.02. The summed E-state index contributed by atoms with van der Waals surface area (Å²) < 4.78 is 12.7. The average Bonchev–Trinajstić information content (AvgIpc) is 3.50. The number of carbonyl (C=O) groups is 1. The van der Waals surface area contributed by atoms with Gasteiger partial charge in [0.2, 0.25) is 0 Å². The van der Waals surface area contributed by atoms with Crippen molar-refractivity contribution in [1.29, 1.82) is 0 Å². The van der Waals surface area contributed by atoms with Crippen LogP contribution in [0.25, 0.3) is 21.3 Å². The molecule has 0 unspecified atom stereocenters. The topological polar surface area (TPSA) is 102 Å². The van der Waals surface area contributed by atoms with Crippen molar-refractivity contribution in [3.8, 4) is 22.2 Å². The Hall–Kier alpha value is -3.59. The summed E-state index contributed by atoms with van der Waals surface area (Å²) in [5, 5.41) is 21.4. The lowest BCUT2D eigenvalue weighted by Crippen LogP contribution is -2.44. The van der Waals surface area contributed by atoms with Gasteiger partial charge in [0.1, 0.15) is 17.2 Å². The highest BCUT2D eigenvalue weighted by molar-refractivity contribution is 7.13. The SMILES string of the molecule is COc1ccc2c3n(c(O)c2c1)C[C@@]1(c2cc(-c4cccs4)no2)NC(=O)N=C31. The van der Waals surface area contributed by atoms with E-state index in [1.54, 1.807) is 29.1 Å². The Bertz CT molecular complexity index is 1330. The molecule has 0 fully saturated rings. The third-order valence-electron chi connectivity index (χ3n) is 5.51. The largest absolute Gasteiger partial charge is 0.497 e. The molecular formula is C20H14N4O4S. The van der Waals surface area contributed by atoms with Crippen LogP contribution in [0.15, 0.2) is 51.3 Å². The van der Waals surface area contributed by atoms with E-state index in [1.165, 1.54) is 0 Å². The van der Waals surface area contributed by atoms with E-state index in [1.807, 2.05) is 35.7 Å². The monoisotopic (exact) mass is 406 g/mol. The van der Waals surface area contributed by atoms with Gasteiger partial charge >= 0.3 is 6.03 Å². The molecule has 0 saturated carbocycles. The second kappa shape index (κ2) is 5.48. The van der Waals surface area contributed by atoms with E-state index < -0.39 is 11.6 Å². The van der Waals surface area contributed by atoms with Crippen molar-refractivity contribution in [3.05, 3.63) is 53.2 Å². The number of amides is 2. The van der Waals surface area contributed by atoms with Gasteiger partial charge in [-0.2, -0.15) is 4.99 Å². The molecule has 4 aromatic rings. The summed E-state index contributed by atoms with van der Waals surface area (Å²) in [5.41, 5.74) is 0.903. The Morgan fingerprint density at radius 3 is 3.00 bits per heavy atom. The number of hydrogen-bond acceptors (Lipinski definition) is 6. The smallest absolute Gasteiger partial charge is 0.342 e. The summed E-state index contributed by atoms with van der Waals surface area (Å²) in [6.07, 6.45) is 0. The van der Waals surface area contributed by atoms with Crippen LogP contribution in [0.4, 0.5) is 4.79 Å². The summed E-state index contributed by atoms with van der Waals surface area (Å²) in [6.45, 7) is 0.259. The molecule has 1 atom stereocenters. The molecule has 2 aliphatic heterocycles. The van der Waals surface area contributed by atoms with Crippen LogP contribution in [0.5, 0.6) is 11.6 Å². The number of aromatic nitrogens is 2. The van der Waals surface area contributed by atoms with E-state index in [0.717, 1.165) is 10.3 Å². The van der Waals surface area contributed by atoms with E-state index >= 15 is 0 Å². The molecule has 2 amide bonds. The number of carbonyl (C=O) groups excluding carboxylic acids is 1. The van der Waals surface area contributed by atoms with Crippen LogP contribution in [-0.4, -0.2) is 33.7 Å². The molecule has 29 heavy (non-hydrogen) atoms. The molecule has 6 rings (SSSR count). The molecule has 1 aromatic carbocycles. The summed E-state index contributed by atoms with van der Waals surface area (Å²) in [4.78, 5) is 17.5. The number of aliphatic imine (C=N–C) groups is 1. The zero-order valence-electron chi connectivity index (χ0n) is 15.2. The van der Waals surface area contributed by atoms with Crippen LogP contribution < -0.4 is 10.1 Å². The molecule has 5 heterocycles. The van der Waals surface area contributed by atoms with Gasteiger partial charge in [0, 0.05) is 16.8 Å². The quantitative estimate of drug-likeness (QED) is 0.542. The van der Waals surface area contributed by atoms with E-state index in [-0.39, 0.29) is 12.4 Å². The van der Waals surface area contributed by atoms with Gasteiger partial charge in [-0.05, 0) is 29.6 Å². The van der Waals surface area contributed by atoms with Crippen LogP contribution in [0.1, 0.15) is 11.5 Å². The highest BCUT2D eigenvalue weighted by Gasteiger charge is 2.55. The van der Waals surface area contributed by atoms with Gasteiger partial charge in [-0.15, -0.1) is 11.3 Å². The van der Waals surface area contributed by atoms with Crippen molar-refractivity contribution in [2.45, 2.75) is 12.1 Å². The first-order valence-corrected chi connectivity index (χ1v) is 9.80. The number of fused-ring (bicyclic) bond motifs is 5. The molecule has 0 spiro atoms. The molecule has 2 N–H and O–H groups in total. The molecule has 2 aliphatic rings. The number of methoxy groups -OCH3 is 1. The van der Waals surface area contributed by atoms with Crippen LogP contribution in [0, 0.1) is 0 Å². The summed E-state index contributed by atoms with van der Waals surface area (Å²) in [7, 11) is 1.58. The lowest BCUT2D eigenvalue weighted by molar-refractivity contribution is 0.236. The zero-order chi connectivity index (χ0) is 19.8. The maximum atomic E-state index is 12.3. The third-order valence-corrected chi connectivity index (χ3v) is 6.40. The third kappa shape index (κ3) is 2.05. The first-order valence-electron chi connectivity index (χ1n) is 8.93. The number of rotatable bonds is 3. The highest BCUT2D eigenvalue weighted by Crippen LogP contribution is 2.46. The predicted molar refractivity (Wildman–Crippen MR) is 107 cm³/mol. The van der Waals surface area contributed by atoms with Gasteiger partial charge in [0.25, 0.3) is 0 Å². The predicted octanol–water partition coefficient (Wildman–Crippen LogP) is 3.49. The minimum Gasteiger partial charge on any atom is -0.497 e. The standard InChI is InChI=1S/C20H14N4O4S/c1-27-10-4-5-11-12(7-10)18(25)24-9-20(17(16(11)24)21-19(26)22-20)15-8-13(23-28-15)14-3-2-6-29-14/h2-8,25H,9H2,1H3,(H,22,26)/t20-/m0/s1. The fraction of sp³-hybridized carbons (Fsp3) is 0.150. The van der Waals surface area contributed by atoms with E-state index in [4.69, 9.17) is 9.26 Å². The van der Waals surface area contributed by atoms with Gasteiger partial charge in [0.05, 0.1) is 24.2 Å². The lowest BCUT2D eigenvalue weighted by Gasteiger charge is -2.21. The number of benzene rings is 1. The van der Waals surface area contributed by atoms with Gasteiger partial charge in [-0.25, -0.2) is 4.79 Å². The maximum absolute atomic E-state index is 12.3. The highest BCUT2D eigenvalue weighted by atomic mass is 32.1. The van der Waals surface area contributed by atoms with Crippen LogP contribution in [0.3, 0.4) is 0 Å². The Labute approximate surface area is 168 Å². The minimum absolute atomic E-state index is 0.0950. The normalized spacial score (nSPS) is 19.9. The average molecular weight is 406 g/mol. The van der Waals surface area contributed by atoms with Gasteiger partial charge in [-0.3, -0.25) is 0 Å². The fourth-order valence-corrected chi connectivity index (χ4v) is 4.87. The minimum atomic E-state index is -0.999. The molecule has 144 valence electrons. The molecule has 0 radical (unpaired) electrons. The van der Waals surface area contributed by atoms with Gasteiger partial charge in [0.15, 0.2) is 17.2 Å². The summed E-state index contributed by atoms with van der Waals surface area (Å²) in [5.74, 6) is 1.22. The Balaban J connectivity index is 1.54. The number of aromatic hydroxyl groups is 1. The number of ether oxygens (including phenoxy) is 1. The first kappa shape index (κ1) is 16.4. The van der Waals surface area contributed by atoms with E-state index in [9.17, 15) is 9.90 Å². The number of hydrogen-bond donors (Lipinski definition) is 2. The summed E-state index contributed by atoms with van der Waals surface area (Å²) in [6, 6.07) is 10.7. The Kier molecular flexibility index (Phi) is 3.09. The van der Waals surface area contributed by atoms with Crippen molar-refractivity contribution in [1.82, 2.24) is 15.0 Å². The lowest BCUT2D eigenvalue weighted by atomic mass is 9.90. The molecule has 0 aliphatic carbocycles. The number of nitrogens with zero attached hydrogens (tertiary/aromatic N) is 3. The van der Waals surface area contributed by atoms with E-state index in [2.05, 4.69) is 15.5 Å². The Morgan fingerprint density at radius 1 is 1.31 bits per heavy atom. The van der Waals surface area contributed by atoms with Crippen molar-refractivity contribution in [2.24, 2.45) is 4.99 Å². The van der Waals surface area contributed by atoms with Crippen LogP contribution in [-0.2, 0) is 12.1 Å². The first-order chi connectivity index (χ1) is 14.1. The Morgan fingerprint density at radius 2 is 2.21 bits per heavy atom.